The van der Waals surface area contributed by atoms with E-state index in [-0.39, 0.29) is 18.8 Å². The van der Waals surface area contributed by atoms with Crippen LogP contribution in [-0.4, -0.2) is 68.5 Å². The molecule has 9 heteroatoms. The van der Waals surface area contributed by atoms with Crippen LogP contribution in [0.25, 0.3) is 0 Å². The number of nitrogens with one attached hydrogen (secondary N) is 1. The van der Waals surface area contributed by atoms with Crippen LogP contribution in [-0.2, 0) is 9.47 Å². The molecule has 4 fully saturated rings. The van der Waals surface area contributed by atoms with Crippen LogP contribution < -0.4 is 11.1 Å². The molecule has 5 rings (SSSR count). The highest BCUT2D eigenvalue weighted by atomic mass is 16.8. The summed E-state index contributed by atoms with van der Waals surface area (Å²) in [5.41, 5.74) is 3.21. The lowest BCUT2D eigenvalue weighted by atomic mass is 9.57. The Kier molecular flexibility index (Phi) is 2.19. The van der Waals surface area contributed by atoms with E-state index in [9.17, 15) is 20.4 Å². The zero-order valence-corrected chi connectivity index (χ0v) is 10.6. The number of nitrogens with two attached hydrogens (primary N) is 1. The van der Waals surface area contributed by atoms with Gasteiger partial charge in [-0.1, -0.05) is 0 Å². The van der Waals surface area contributed by atoms with E-state index in [1.165, 1.54) is 0 Å². The van der Waals surface area contributed by atoms with Crippen molar-refractivity contribution in [2.45, 2.75) is 48.4 Å². The van der Waals surface area contributed by atoms with Gasteiger partial charge in [-0.05, 0) is 0 Å². The zero-order valence-electron chi connectivity index (χ0n) is 10.6. The number of hydrogen-bond acceptors (Lipinski definition) is 9. The first kappa shape index (κ1) is 12.7. The van der Waals surface area contributed by atoms with Gasteiger partial charge in [-0.2, -0.15) is 0 Å². The first-order valence-corrected chi connectivity index (χ1v) is 6.53. The lowest BCUT2D eigenvalue weighted by Crippen LogP contribution is -2.85. The monoisotopic (exact) mass is 287 g/mol. The Morgan fingerprint density at radius 3 is 2.85 bits per heavy atom. The Morgan fingerprint density at radius 2 is 2.15 bits per heavy atom. The maximum Gasteiger partial charge on any atom is 0.283 e. The average molecular weight is 287 g/mol. The molecule has 0 amide bonds. The predicted octanol–water partition coefficient (Wildman–Crippen LogP) is -3.46. The largest absolute Gasteiger partial charge is 0.393 e. The third kappa shape index (κ3) is 1.30. The van der Waals surface area contributed by atoms with Crippen LogP contribution >= 0.6 is 0 Å². The molecule has 9 nitrogen and oxygen atoms in total. The van der Waals surface area contributed by atoms with Gasteiger partial charge in [0.05, 0.1) is 30.6 Å². The van der Waals surface area contributed by atoms with Gasteiger partial charge in [0.25, 0.3) is 5.97 Å². The van der Waals surface area contributed by atoms with Gasteiger partial charge in [0.15, 0.2) is 12.2 Å². The highest BCUT2D eigenvalue weighted by Crippen LogP contribution is 2.58. The highest BCUT2D eigenvalue weighted by molar-refractivity contribution is 5.80. The van der Waals surface area contributed by atoms with Crippen molar-refractivity contribution >= 4 is 5.96 Å². The Bertz CT molecular complexity index is 503. The molecule has 5 aliphatic rings. The van der Waals surface area contributed by atoms with E-state index in [0.29, 0.717) is 0 Å². The van der Waals surface area contributed by atoms with Crippen LogP contribution in [0.3, 0.4) is 0 Å². The third-order valence-electron chi connectivity index (χ3n) is 4.96. The molecule has 4 heterocycles. The van der Waals surface area contributed by atoms with Crippen molar-refractivity contribution in [2.24, 2.45) is 16.6 Å². The van der Waals surface area contributed by atoms with E-state index >= 15 is 0 Å². The van der Waals surface area contributed by atoms with Crippen molar-refractivity contribution in [1.82, 2.24) is 5.32 Å². The fraction of sp³-hybridized carbons (Fsp3) is 0.909. The van der Waals surface area contributed by atoms with E-state index in [2.05, 4.69) is 10.3 Å². The molecule has 1 saturated carbocycles. The Labute approximate surface area is 114 Å². The summed E-state index contributed by atoms with van der Waals surface area (Å²) in [5.74, 6) is -2.41. The third-order valence-corrected chi connectivity index (χ3v) is 4.96. The normalized spacial score (nSPS) is 59.9. The van der Waals surface area contributed by atoms with Crippen LogP contribution in [0.1, 0.15) is 12.8 Å². The maximum absolute atomic E-state index is 10.6. The number of aliphatic hydroxyl groups is 4. The van der Waals surface area contributed by atoms with Gasteiger partial charge in [-0.15, -0.1) is 0 Å². The summed E-state index contributed by atoms with van der Waals surface area (Å²) in [7, 11) is 0. The average Bonchev–Trinajstić information content (AvgIpc) is 2.32. The lowest BCUT2D eigenvalue weighted by Gasteiger charge is -2.68. The van der Waals surface area contributed by atoms with Gasteiger partial charge in [-0.25, -0.2) is 4.99 Å². The number of aliphatic imine (C=N–C) groups is 1. The molecular formula is C11H17N3O6. The number of aliphatic hydroxyl groups excluding tert-OH is 2. The summed E-state index contributed by atoms with van der Waals surface area (Å²) < 4.78 is 10.8. The second kappa shape index (κ2) is 3.43. The summed E-state index contributed by atoms with van der Waals surface area (Å²) in [5, 5.41) is 43.6. The fourth-order valence-corrected chi connectivity index (χ4v) is 4.19. The molecule has 4 aliphatic heterocycles. The van der Waals surface area contributed by atoms with Gasteiger partial charge in [0.1, 0.15) is 11.7 Å². The molecule has 112 valence electrons. The number of nitrogens with zero attached hydrogens (tertiary/aromatic N) is 1. The van der Waals surface area contributed by atoms with Crippen LogP contribution in [0, 0.1) is 5.92 Å². The van der Waals surface area contributed by atoms with Gasteiger partial charge >= 0.3 is 0 Å². The minimum Gasteiger partial charge on any atom is -0.393 e. The summed E-state index contributed by atoms with van der Waals surface area (Å²) >= 11 is 0. The van der Waals surface area contributed by atoms with Crippen molar-refractivity contribution in [3.63, 3.8) is 0 Å². The Balaban J connectivity index is 1.85. The number of guanidine groups is 1. The molecule has 7 unspecified atom stereocenters. The van der Waals surface area contributed by atoms with Gasteiger partial charge in [0.2, 0.25) is 0 Å². The van der Waals surface area contributed by atoms with E-state index in [0.717, 1.165) is 0 Å². The van der Waals surface area contributed by atoms with Crippen LogP contribution in [0.2, 0.25) is 0 Å². The SMILES string of the molecule is NC1=NC(O)C2C3OC4(O)CC2(CC(O4)C3(O)CO)N1. The standard InChI is InChI=1S/C11H17N3O6/c12-8-13-7(16)5-6-10(17,3-15)4-1-9(5,14-8)2-11(18,19-4)20-6/h4-7,15-18H,1-3H2,(H3,12,13,14). The summed E-state index contributed by atoms with van der Waals surface area (Å²) in [6, 6.07) is 0. The molecule has 7 N–H and O–H groups in total. The van der Waals surface area contributed by atoms with Gasteiger partial charge in [-0.3, -0.25) is 0 Å². The lowest BCUT2D eigenvalue weighted by molar-refractivity contribution is -0.510. The van der Waals surface area contributed by atoms with Crippen LogP contribution in [0.5, 0.6) is 0 Å². The summed E-state index contributed by atoms with van der Waals surface area (Å²) in [6.07, 6.45) is -2.65. The molecule has 0 aromatic rings. The molecule has 0 radical (unpaired) electrons. The topological polar surface area (TPSA) is 150 Å². The van der Waals surface area contributed by atoms with E-state index in [1.54, 1.807) is 0 Å². The number of rotatable bonds is 1. The minimum atomic E-state index is -1.85. The predicted molar refractivity (Wildman–Crippen MR) is 63.0 cm³/mol. The second-order valence-corrected chi connectivity index (χ2v) is 6.12. The maximum atomic E-state index is 10.6. The smallest absolute Gasteiger partial charge is 0.283 e. The number of hydrogen-bond donors (Lipinski definition) is 6. The summed E-state index contributed by atoms with van der Waals surface area (Å²) in [4.78, 5) is 3.85. The van der Waals surface area contributed by atoms with Crippen molar-refractivity contribution in [1.29, 1.82) is 0 Å². The first-order valence-electron chi connectivity index (χ1n) is 6.53. The molecule has 7 atom stereocenters. The molecule has 20 heavy (non-hydrogen) atoms. The quantitative estimate of drug-likeness (QED) is 0.291. The van der Waals surface area contributed by atoms with Crippen molar-refractivity contribution in [2.75, 3.05) is 6.61 Å². The first-order chi connectivity index (χ1) is 9.32. The van der Waals surface area contributed by atoms with E-state index in [4.69, 9.17) is 15.2 Å². The van der Waals surface area contributed by atoms with Gasteiger partial charge in [0, 0.05) is 6.42 Å². The zero-order chi connectivity index (χ0) is 14.3. The molecular weight excluding hydrogens is 270 g/mol. The van der Waals surface area contributed by atoms with E-state index < -0.39 is 48.1 Å². The molecule has 1 spiro atoms. The Hall–Kier alpha value is -0.970. The second-order valence-electron chi connectivity index (χ2n) is 6.12. The van der Waals surface area contributed by atoms with Crippen molar-refractivity contribution in [3.8, 4) is 0 Å². The van der Waals surface area contributed by atoms with Crippen LogP contribution in [0.4, 0.5) is 0 Å². The molecule has 3 saturated heterocycles. The number of ether oxygens (including phenoxy) is 2. The Morgan fingerprint density at radius 1 is 1.40 bits per heavy atom. The molecule has 0 aromatic heterocycles. The summed E-state index contributed by atoms with van der Waals surface area (Å²) in [6.45, 7) is -0.600. The highest BCUT2D eigenvalue weighted by Gasteiger charge is 2.75. The van der Waals surface area contributed by atoms with Gasteiger partial charge < -0.3 is 41.0 Å². The van der Waals surface area contributed by atoms with Crippen molar-refractivity contribution < 1.29 is 29.9 Å². The van der Waals surface area contributed by atoms with E-state index in [1.807, 2.05) is 0 Å². The molecule has 0 aromatic carbocycles. The van der Waals surface area contributed by atoms with Crippen molar-refractivity contribution in [3.05, 3.63) is 0 Å². The molecule has 1 aliphatic carbocycles. The minimum absolute atomic E-state index is 0.0620. The fourth-order valence-electron chi connectivity index (χ4n) is 4.19. The van der Waals surface area contributed by atoms with Crippen LogP contribution in [0.15, 0.2) is 4.99 Å². The molecule has 4 bridgehead atoms.